The largest absolute Gasteiger partial charge is 0.416 e. The second-order valence-electron chi connectivity index (χ2n) is 5.38. The Balaban J connectivity index is 2.41. The number of amidine groups is 1. The number of nitrogens with one attached hydrogen (secondary N) is 3. The van der Waals surface area contributed by atoms with Gasteiger partial charge in [-0.2, -0.15) is 13.2 Å². The van der Waals surface area contributed by atoms with Crippen molar-refractivity contribution >= 4 is 52.0 Å². The molecule has 1 heterocycles. The second kappa shape index (κ2) is 9.81. The molecule has 0 aliphatic carbocycles. The van der Waals surface area contributed by atoms with Crippen LogP contribution in [0.5, 0.6) is 0 Å². The van der Waals surface area contributed by atoms with Gasteiger partial charge in [-0.25, -0.2) is 9.71 Å². The van der Waals surface area contributed by atoms with E-state index in [1.807, 2.05) is 6.07 Å². The fraction of sp³-hybridized carbons (Fsp3) is 0.222. The molecule has 0 aliphatic rings. The minimum absolute atomic E-state index is 0.0257. The van der Waals surface area contributed by atoms with E-state index < -0.39 is 11.7 Å². The summed E-state index contributed by atoms with van der Waals surface area (Å²) >= 11 is 7.54. The van der Waals surface area contributed by atoms with Crippen molar-refractivity contribution in [1.82, 2.24) is 9.71 Å². The standard InChI is InChI=1S/C18H19ClF3N5S/c1-4-11(18(20,21)22)10-16(24-5-2)25-15-9-6-12-14(27-28-23-3)8-7-13(19)17(12)26-15/h4,6-10,23,27H,1,5H2,2-3H3,(H,24,25,26)/b11-10+. The minimum atomic E-state index is -4.52. The first-order valence-electron chi connectivity index (χ1n) is 8.20. The van der Waals surface area contributed by atoms with Gasteiger partial charge in [-0.05, 0) is 44.3 Å². The molecule has 0 atom stereocenters. The van der Waals surface area contributed by atoms with Crippen LogP contribution in [0.3, 0.4) is 0 Å². The van der Waals surface area contributed by atoms with E-state index in [-0.39, 0.29) is 5.84 Å². The highest BCUT2D eigenvalue weighted by molar-refractivity contribution is 7.98. The fourth-order valence-electron chi connectivity index (χ4n) is 2.27. The molecule has 0 bridgehead atoms. The van der Waals surface area contributed by atoms with Crippen LogP contribution in [0.2, 0.25) is 5.02 Å². The number of hydrogen-bond donors (Lipinski definition) is 3. The number of nitrogens with zero attached hydrogens (tertiary/aromatic N) is 2. The highest BCUT2D eigenvalue weighted by Crippen LogP contribution is 2.31. The van der Waals surface area contributed by atoms with Crippen LogP contribution in [0.4, 0.5) is 24.7 Å². The Morgan fingerprint density at radius 3 is 2.68 bits per heavy atom. The predicted octanol–water partition coefficient (Wildman–Crippen LogP) is 5.59. The molecule has 0 saturated heterocycles. The van der Waals surface area contributed by atoms with Gasteiger partial charge in [-0.15, -0.1) is 0 Å². The third kappa shape index (κ3) is 5.63. The molecule has 2 aromatic rings. The van der Waals surface area contributed by atoms with Crippen LogP contribution in [0.1, 0.15) is 6.92 Å². The molecular weight excluding hydrogens is 411 g/mol. The summed E-state index contributed by atoms with van der Waals surface area (Å²) in [5.41, 5.74) is 0.403. The summed E-state index contributed by atoms with van der Waals surface area (Å²) in [7, 11) is 1.77. The zero-order valence-corrected chi connectivity index (χ0v) is 16.8. The zero-order chi connectivity index (χ0) is 20.7. The number of allylic oxidation sites excluding steroid dienone is 2. The molecule has 0 spiro atoms. The SMILES string of the molecule is C=C/C(=C\C(=NCC)Nc1ccc2c(NSNC)ccc(Cl)c2n1)C(F)(F)F. The van der Waals surface area contributed by atoms with Crippen molar-refractivity contribution < 1.29 is 13.2 Å². The van der Waals surface area contributed by atoms with E-state index in [0.29, 0.717) is 22.9 Å². The molecule has 5 nitrogen and oxygen atoms in total. The van der Waals surface area contributed by atoms with Crippen LogP contribution in [-0.4, -0.2) is 30.6 Å². The van der Waals surface area contributed by atoms with Crippen LogP contribution in [-0.2, 0) is 0 Å². The Labute approximate surface area is 170 Å². The fourth-order valence-corrected chi connectivity index (χ4v) is 2.87. The molecule has 1 aromatic carbocycles. The van der Waals surface area contributed by atoms with Gasteiger partial charge in [0.15, 0.2) is 0 Å². The van der Waals surface area contributed by atoms with E-state index in [1.165, 1.54) is 12.1 Å². The van der Waals surface area contributed by atoms with Gasteiger partial charge in [0.25, 0.3) is 0 Å². The molecule has 3 N–H and O–H groups in total. The number of alkyl halides is 3. The van der Waals surface area contributed by atoms with Crippen molar-refractivity contribution in [3.8, 4) is 0 Å². The Hall–Kier alpha value is -2.23. The number of aliphatic imine (C=N–C) groups is 1. The van der Waals surface area contributed by atoms with Gasteiger partial charge in [0.1, 0.15) is 11.7 Å². The third-order valence-electron chi connectivity index (χ3n) is 3.50. The summed E-state index contributed by atoms with van der Waals surface area (Å²) in [5, 5.41) is 4.01. The Bertz CT molecular complexity index is 912. The Morgan fingerprint density at radius 1 is 1.32 bits per heavy atom. The third-order valence-corrected chi connectivity index (χ3v) is 4.33. The van der Waals surface area contributed by atoms with Crippen LogP contribution in [0.15, 0.2) is 53.6 Å². The molecule has 150 valence electrons. The van der Waals surface area contributed by atoms with Crippen LogP contribution < -0.4 is 14.8 Å². The number of pyridine rings is 1. The molecule has 0 radical (unpaired) electrons. The summed E-state index contributed by atoms with van der Waals surface area (Å²) in [6, 6.07) is 6.93. The molecule has 0 fully saturated rings. The lowest BCUT2D eigenvalue weighted by Gasteiger charge is -2.12. The molecule has 0 amide bonds. The lowest BCUT2D eigenvalue weighted by atomic mass is 10.2. The predicted molar refractivity (Wildman–Crippen MR) is 113 cm³/mol. The van der Waals surface area contributed by atoms with E-state index >= 15 is 0 Å². The Morgan fingerprint density at radius 2 is 2.07 bits per heavy atom. The van der Waals surface area contributed by atoms with Gasteiger partial charge in [-0.3, -0.25) is 4.99 Å². The first kappa shape index (κ1) is 22.1. The van der Waals surface area contributed by atoms with Gasteiger partial charge in [0.2, 0.25) is 0 Å². The Kier molecular flexibility index (Phi) is 7.73. The molecule has 1 aromatic heterocycles. The van der Waals surface area contributed by atoms with E-state index in [1.54, 1.807) is 32.2 Å². The maximum atomic E-state index is 13.0. The van der Waals surface area contributed by atoms with E-state index in [9.17, 15) is 13.2 Å². The normalized spacial score (nSPS) is 12.9. The van der Waals surface area contributed by atoms with Crippen molar-refractivity contribution in [3.05, 3.63) is 53.6 Å². The number of hydrogen-bond acceptors (Lipinski definition) is 5. The van der Waals surface area contributed by atoms with Crippen molar-refractivity contribution in [2.24, 2.45) is 4.99 Å². The summed E-state index contributed by atoms with van der Waals surface area (Å²) < 4.78 is 45.0. The highest BCUT2D eigenvalue weighted by atomic mass is 35.5. The van der Waals surface area contributed by atoms with Gasteiger partial charge >= 0.3 is 6.18 Å². The molecular formula is C18H19ClF3N5S. The van der Waals surface area contributed by atoms with Gasteiger partial charge in [-0.1, -0.05) is 24.3 Å². The van der Waals surface area contributed by atoms with Crippen molar-refractivity contribution in [2.75, 3.05) is 23.6 Å². The van der Waals surface area contributed by atoms with Crippen LogP contribution in [0.25, 0.3) is 10.9 Å². The highest BCUT2D eigenvalue weighted by Gasteiger charge is 2.31. The number of fused-ring (bicyclic) bond motifs is 1. The minimum Gasteiger partial charge on any atom is -0.325 e. The zero-order valence-electron chi connectivity index (χ0n) is 15.2. The molecule has 28 heavy (non-hydrogen) atoms. The maximum absolute atomic E-state index is 13.0. The van der Waals surface area contributed by atoms with E-state index in [2.05, 4.69) is 31.3 Å². The van der Waals surface area contributed by atoms with E-state index in [4.69, 9.17) is 11.6 Å². The molecule has 0 aliphatic heterocycles. The van der Waals surface area contributed by atoms with E-state index in [0.717, 1.165) is 23.2 Å². The second-order valence-corrected chi connectivity index (χ2v) is 6.61. The average Bonchev–Trinajstić information content (AvgIpc) is 2.65. The summed E-state index contributed by atoms with van der Waals surface area (Å²) in [5.74, 6) is 0.347. The summed E-state index contributed by atoms with van der Waals surface area (Å²) in [6.07, 6.45) is -2.88. The molecule has 0 saturated carbocycles. The van der Waals surface area contributed by atoms with Crippen molar-refractivity contribution in [1.29, 1.82) is 0 Å². The van der Waals surface area contributed by atoms with Crippen LogP contribution in [0, 0.1) is 0 Å². The number of rotatable bonds is 7. The lowest BCUT2D eigenvalue weighted by molar-refractivity contribution is -0.0880. The quantitative estimate of drug-likeness (QED) is 0.232. The van der Waals surface area contributed by atoms with Crippen molar-refractivity contribution in [2.45, 2.75) is 13.1 Å². The smallest absolute Gasteiger partial charge is 0.325 e. The maximum Gasteiger partial charge on any atom is 0.416 e. The van der Waals surface area contributed by atoms with Crippen LogP contribution >= 0.6 is 23.7 Å². The number of halogens is 4. The number of benzene rings is 1. The number of anilines is 2. The average molecular weight is 430 g/mol. The van der Waals surface area contributed by atoms with Gasteiger partial charge in [0.05, 0.1) is 21.8 Å². The summed E-state index contributed by atoms with van der Waals surface area (Å²) in [6.45, 7) is 5.23. The molecule has 2 rings (SSSR count). The molecule has 10 heteroatoms. The topological polar surface area (TPSA) is 61.3 Å². The molecule has 0 unspecified atom stereocenters. The first-order valence-corrected chi connectivity index (χ1v) is 9.40. The van der Waals surface area contributed by atoms with Gasteiger partial charge in [0, 0.05) is 24.1 Å². The van der Waals surface area contributed by atoms with Gasteiger partial charge < -0.3 is 10.0 Å². The first-order chi connectivity index (χ1) is 13.3. The summed E-state index contributed by atoms with van der Waals surface area (Å²) in [4.78, 5) is 8.50. The number of aromatic nitrogens is 1. The lowest BCUT2D eigenvalue weighted by Crippen LogP contribution is -2.16. The monoisotopic (exact) mass is 429 g/mol. The van der Waals surface area contributed by atoms with Crippen molar-refractivity contribution in [3.63, 3.8) is 0 Å².